The van der Waals surface area contributed by atoms with Crippen LogP contribution in [0, 0.1) is 0 Å². The lowest BCUT2D eigenvalue weighted by Gasteiger charge is -1.92. The molecule has 3 heterocycles. The molecule has 106 valence electrons. The number of furan rings is 1. The second-order valence-electron chi connectivity index (χ2n) is 4.32. The van der Waals surface area contributed by atoms with E-state index in [1.807, 2.05) is 0 Å². The maximum absolute atomic E-state index is 9.88. The van der Waals surface area contributed by atoms with Crippen molar-refractivity contribution in [3.63, 3.8) is 0 Å². The van der Waals surface area contributed by atoms with Gasteiger partial charge in [0.05, 0.1) is 18.7 Å². The maximum Gasteiger partial charge on any atom is 0.294 e. The van der Waals surface area contributed by atoms with Crippen LogP contribution in [0.5, 0.6) is 10.9 Å². The zero-order chi connectivity index (χ0) is 14.6. The van der Waals surface area contributed by atoms with Crippen molar-refractivity contribution in [2.75, 3.05) is 7.11 Å². The molecule has 0 aliphatic heterocycles. The summed E-state index contributed by atoms with van der Waals surface area (Å²) in [5.74, 6) is 0.484. The Morgan fingerprint density at radius 3 is 3.00 bits per heavy atom. The average Bonchev–Trinajstić information content (AvgIpc) is 3.10. The van der Waals surface area contributed by atoms with Crippen LogP contribution in [0.4, 0.5) is 0 Å². The van der Waals surface area contributed by atoms with Gasteiger partial charge in [0.25, 0.3) is 5.19 Å². The Morgan fingerprint density at radius 1 is 1.43 bits per heavy atom. The Kier molecular flexibility index (Phi) is 2.60. The standard InChI is InChI=1S/C13H8ClN3O3S/c1-19-13-16-17-5-6(15-12(17)21-13)11-10(14)9-7(18)3-2-4-8(9)20-11/h2-5,18H,1H3. The summed E-state index contributed by atoms with van der Waals surface area (Å²) in [5, 5.41) is 15.4. The summed E-state index contributed by atoms with van der Waals surface area (Å²) in [6, 6.07) is 5.00. The minimum atomic E-state index is 0.0771. The van der Waals surface area contributed by atoms with Crippen LogP contribution < -0.4 is 4.74 Å². The van der Waals surface area contributed by atoms with Crippen LogP contribution in [0.25, 0.3) is 27.4 Å². The molecular formula is C13H8ClN3O3S. The summed E-state index contributed by atoms with van der Waals surface area (Å²) < 4.78 is 12.4. The van der Waals surface area contributed by atoms with Gasteiger partial charge in [-0.1, -0.05) is 17.7 Å². The van der Waals surface area contributed by atoms with E-state index in [-0.39, 0.29) is 5.75 Å². The fourth-order valence-electron chi connectivity index (χ4n) is 2.13. The lowest BCUT2D eigenvalue weighted by Crippen LogP contribution is -1.84. The maximum atomic E-state index is 9.88. The van der Waals surface area contributed by atoms with Gasteiger partial charge in [0.2, 0.25) is 4.96 Å². The zero-order valence-electron chi connectivity index (χ0n) is 10.7. The lowest BCUT2D eigenvalue weighted by atomic mass is 10.2. The number of phenolic OH excluding ortho intramolecular Hbond substituents is 1. The van der Waals surface area contributed by atoms with E-state index >= 15 is 0 Å². The third-order valence-corrected chi connectivity index (χ3v) is 4.31. The Morgan fingerprint density at radius 2 is 2.29 bits per heavy atom. The number of rotatable bonds is 2. The predicted molar refractivity (Wildman–Crippen MR) is 79.3 cm³/mol. The van der Waals surface area contributed by atoms with E-state index in [1.165, 1.54) is 11.3 Å². The third-order valence-electron chi connectivity index (χ3n) is 3.07. The molecule has 6 nitrogen and oxygen atoms in total. The van der Waals surface area contributed by atoms with Crippen LogP contribution in [0.15, 0.2) is 28.8 Å². The SMILES string of the molecule is COc1nn2cc(-c3oc4cccc(O)c4c3Cl)nc2s1. The second kappa shape index (κ2) is 4.37. The van der Waals surface area contributed by atoms with Gasteiger partial charge in [-0.25, -0.2) is 9.50 Å². The number of ether oxygens (including phenoxy) is 1. The molecule has 0 saturated carbocycles. The van der Waals surface area contributed by atoms with Crippen molar-refractivity contribution in [2.45, 2.75) is 0 Å². The summed E-state index contributed by atoms with van der Waals surface area (Å²) in [6.07, 6.45) is 1.70. The third kappa shape index (κ3) is 1.78. The highest BCUT2D eigenvalue weighted by Crippen LogP contribution is 2.41. The highest BCUT2D eigenvalue weighted by Gasteiger charge is 2.20. The molecular weight excluding hydrogens is 314 g/mol. The summed E-state index contributed by atoms with van der Waals surface area (Å²) in [7, 11) is 1.55. The number of nitrogens with zero attached hydrogens (tertiary/aromatic N) is 3. The minimum Gasteiger partial charge on any atom is -0.507 e. The molecule has 4 rings (SSSR count). The number of benzene rings is 1. The van der Waals surface area contributed by atoms with Gasteiger partial charge in [-0.05, 0) is 23.5 Å². The Labute approximate surface area is 127 Å². The first-order chi connectivity index (χ1) is 10.2. The van der Waals surface area contributed by atoms with Crippen molar-refractivity contribution in [2.24, 2.45) is 0 Å². The topological polar surface area (TPSA) is 72.8 Å². The molecule has 4 aromatic rings. The summed E-state index contributed by atoms with van der Waals surface area (Å²) in [6.45, 7) is 0. The Bertz CT molecular complexity index is 940. The normalized spacial score (nSPS) is 11.5. The van der Waals surface area contributed by atoms with Gasteiger partial charge < -0.3 is 14.3 Å². The molecule has 0 spiro atoms. The predicted octanol–water partition coefficient (Wildman–Crippen LogP) is 3.57. The molecule has 0 aliphatic rings. The van der Waals surface area contributed by atoms with E-state index in [0.29, 0.717) is 37.6 Å². The van der Waals surface area contributed by atoms with Crippen molar-refractivity contribution < 1.29 is 14.3 Å². The summed E-state index contributed by atoms with van der Waals surface area (Å²) >= 11 is 7.62. The van der Waals surface area contributed by atoms with E-state index in [0.717, 1.165) is 0 Å². The molecule has 21 heavy (non-hydrogen) atoms. The van der Waals surface area contributed by atoms with Crippen molar-refractivity contribution >= 4 is 38.9 Å². The number of aromatic hydroxyl groups is 1. The van der Waals surface area contributed by atoms with Crippen molar-refractivity contribution in [3.05, 3.63) is 29.4 Å². The van der Waals surface area contributed by atoms with E-state index in [1.54, 1.807) is 36.0 Å². The number of hydrogen-bond acceptors (Lipinski definition) is 6. The minimum absolute atomic E-state index is 0.0771. The Balaban J connectivity index is 1.93. The molecule has 0 radical (unpaired) electrons. The first kappa shape index (κ1) is 12.5. The molecule has 1 N–H and O–H groups in total. The molecule has 0 fully saturated rings. The van der Waals surface area contributed by atoms with Gasteiger partial charge in [-0.3, -0.25) is 0 Å². The summed E-state index contributed by atoms with van der Waals surface area (Å²) in [4.78, 5) is 5.09. The van der Waals surface area contributed by atoms with Crippen molar-refractivity contribution in [1.82, 2.24) is 14.6 Å². The molecule has 0 saturated heterocycles. The van der Waals surface area contributed by atoms with Crippen LogP contribution in [-0.4, -0.2) is 26.8 Å². The number of fused-ring (bicyclic) bond motifs is 2. The molecule has 0 bridgehead atoms. The largest absolute Gasteiger partial charge is 0.507 e. The van der Waals surface area contributed by atoms with Gasteiger partial charge in [0.1, 0.15) is 22.0 Å². The van der Waals surface area contributed by atoms with E-state index in [4.69, 9.17) is 20.8 Å². The van der Waals surface area contributed by atoms with E-state index < -0.39 is 0 Å². The molecule has 0 amide bonds. The fourth-order valence-corrected chi connectivity index (χ4v) is 3.16. The highest BCUT2D eigenvalue weighted by atomic mass is 35.5. The highest BCUT2D eigenvalue weighted by molar-refractivity contribution is 7.18. The Hall–Kier alpha value is -2.25. The van der Waals surface area contributed by atoms with E-state index in [9.17, 15) is 5.11 Å². The van der Waals surface area contributed by atoms with Gasteiger partial charge >= 0.3 is 0 Å². The van der Waals surface area contributed by atoms with Crippen LogP contribution in [0.3, 0.4) is 0 Å². The smallest absolute Gasteiger partial charge is 0.294 e. The number of aromatic nitrogens is 3. The van der Waals surface area contributed by atoms with Gasteiger partial charge in [-0.2, -0.15) is 0 Å². The van der Waals surface area contributed by atoms with Crippen LogP contribution in [0.1, 0.15) is 0 Å². The molecule has 0 aliphatic carbocycles. The van der Waals surface area contributed by atoms with Crippen molar-refractivity contribution in [3.8, 4) is 22.4 Å². The first-order valence-corrected chi connectivity index (χ1v) is 7.17. The number of hydrogen-bond donors (Lipinski definition) is 1. The molecule has 0 unspecified atom stereocenters. The van der Waals surface area contributed by atoms with Crippen LogP contribution >= 0.6 is 22.9 Å². The van der Waals surface area contributed by atoms with Crippen LogP contribution in [0.2, 0.25) is 5.02 Å². The average molecular weight is 322 g/mol. The van der Waals surface area contributed by atoms with E-state index in [2.05, 4.69) is 10.1 Å². The van der Waals surface area contributed by atoms with Crippen LogP contribution in [-0.2, 0) is 0 Å². The summed E-state index contributed by atoms with van der Waals surface area (Å²) in [5.41, 5.74) is 1.06. The zero-order valence-corrected chi connectivity index (χ0v) is 12.3. The van der Waals surface area contributed by atoms with Gasteiger partial charge in [0, 0.05) is 0 Å². The fraction of sp³-hybridized carbons (Fsp3) is 0.0769. The number of imidazole rings is 1. The number of halogens is 1. The monoisotopic (exact) mass is 321 g/mol. The van der Waals surface area contributed by atoms with Gasteiger partial charge in [-0.15, -0.1) is 5.10 Å². The van der Waals surface area contributed by atoms with Crippen molar-refractivity contribution in [1.29, 1.82) is 0 Å². The molecule has 8 heteroatoms. The molecule has 0 atom stereocenters. The number of methoxy groups -OCH3 is 1. The van der Waals surface area contributed by atoms with Gasteiger partial charge in [0.15, 0.2) is 5.76 Å². The quantitative estimate of drug-likeness (QED) is 0.611. The lowest BCUT2D eigenvalue weighted by molar-refractivity contribution is 0.405. The first-order valence-electron chi connectivity index (χ1n) is 5.98. The second-order valence-corrected chi connectivity index (χ2v) is 5.62. The molecule has 3 aromatic heterocycles. The molecule has 1 aromatic carbocycles. The number of phenols is 1.